The second kappa shape index (κ2) is 6.03. The summed E-state index contributed by atoms with van der Waals surface area (Å²) in [5.41, 5.74) is 1.74. The molecule has 0 atom stereocenters. The number of hydrogen-bond donors (Lipinski definition) is 0. The van der Waals surface area contributed by atoms with Crippen molar-refractivity contribution in [3.8, 4) is 0 Å². The Hall–Kier alpha value is -0.310. The fourth-order valence-electron chi connectivity index (χ4n) is 2.58. The van der Waals surface area contributed by atoms with Gasteiger partial charge in [0.15, 0.2) is 0 Å². The molecule has 0 radical (unpaired) electrons. The summed E-state index contributed by atoms with van der Waals surface area (Å²) >= 11 is 0. The fraction of sp³-hybridized carbons (Fsp3) is 0.857. The Bertz CT molecular complexity index is 291. The van der Waals surface area contributed by atoms with Gasteiger partial charge in [0, 0.05) is 27.7 Å². The Morgan fingerprint density at radius 1 is 1.24 bits per heavy atom. The monoisotopic (exact) mass is 256 g/mol. The molecule has 2 fully saturated rings. The van der Waals surface area contributed by atoms with Crippen LogP contribution in [0.25, 0.3) is 0 Å². The smallest absolute Gasteiger partial charge is 0.0927 e. The van der Waals surface area contributed by atoms with Gasteiger partial charge >= 0.3 is 0 Å². The first-order valence-electron chi connectivity index (χ1n) is 6.82. The van der Waals surface area contributed by atoms with Crippen LogP contribution in [0.3, 0.4) is 0 Å². The Morgan fingerprint density at radius 2 is 1.88 bits per heavy atom. The molecule has 0 aromatic rings. The first-order valence-corrected chi connectivity index (χ1v) is 8.31. The van der Waals surface area contributed by atoms with Gasteiger partial charge in [-0.3, -0.25) is 4.21 Å². The van der Waals surface area contributed by atoms with Crippen LogP contribution in [0.4, 0.5) is 0 Å². The van der Waals surface area contributed by atoms with E-state index >= 15 is 0 Å². The molecular formula is C14H24O2S. The van der Waals surface area contributed by atoms with Crippen LogP contribution in [-0.2, 0) is 15.5 Å². The average Bonchev–Trinajstić information content (AvgIpc) is 2.35. The molecule has 1 heterocycles. The molecule has 98 valence electrons. The first-order chi connectivity index (χ1) is 8.18. The molecule has 3 heteroatoms. The predicted molar refractivity (Wildman–Crippen MR) is 72.3 cm³/mol. The molecule has 1 saturated heterocycles. The number of allylic oxidation sites excluding steroid dienone is 1. The predicted octanol–water partition coefficient (Wildman–Crippen LogP) is 3.40. The summed E-state index contributed by atoms with van der Waals surface area (Å²) in [6.07, 6.45) is 10.6. The third kappa shape index (κ3) is 4.13. The second-order valence-electron chi connectivity index (χ2n) is 5.81. The maximum absolute atomic E-state index is 11.3. The van der Waals surface area contributed by atoms with Crippen molar-refractivity contribution in [3.05, 3.63) is 11.8 Å². The van der Waals surface area contributed by atoms with Gasteiger partial charge in [0.05, 0.1) is 12.9 Å². The van der Waals surface area contributed by atoms with Crippen LogP contribution in [-0.4, -0.2) is 22.3 Å². The zero-order valence-corrected chi connectivity index (χ0v) is 11.7. The molecule has 0 aromatic heterocycles. The molecule has 0 bridgehead atoms. The van der Waals surface area contributed by atoms with Gasteiger partial charge in [0.25, 0.3) is 0 Å². The van der Waals surface area contributed by atoms with Gasteiger partial charge < -0.3 is 4.74 Å². The van der Waals surface area contributed by atoms with Crippen molar-refractivity contribution in [1.29, 1.82) is 0 Å². The van der Waals surface area contributed by atoms with Crippen LogP contribution in [0.2, 0.25) is 0 Å². The summed E-state index contributed by atoms with van der Waals surface area (Å²) in [5, 5.41) is 0. The highest BCUT2D eigenvalue weighted by molar-refractivity contribution is 7.85. The summed E-state index contributed by atoms with van der Waals surface area (Å²) in [6, 6.07) is 0. The third-order valence-electron chi connectivity index (χ3n) is 4.04. The van der Waals surface area contributed by atoms with Gasteiger partial charge in [-0.2, -0.15) is 0 Å². The Kier molecular flexibility index (Phi) is 4.66. The Morgan fingerprint density at radius 3 is 2.53 bits per heavy atom. The zero-order valence-electron chi connectivity index (χ0n) is 10.9. The summed E-state index contributed by atoms with van der Waals surface area (Å²) in [5.74, 6) is 1.72. The van der Waals surface area contributed by atoms with E-state index in [1.54, 1.807) is 0 Å². The van der Waals surface area contributed by atoms with E-state index in [1.165, 1.54) is 37.7 Å². The van der Waals surface area contributed by atoms with Crippen LogP contribution < -0.4 is 0 Å². The van der Waals surface area contributed by atoms with Crippen molar-refractivity contribution in [1.82, 2.24) is 0 Å². The Labute approximate surface area is 107 Å². The first kappa shape index (κ1) is 13.1. The van der Waals surface area contributed by atoms with E-state index in [4.69, 9.17) is 4.74 Å². The molecule has 2 aliphatic rings. The van der Waals surface area contributed by atoms with E-state index in [9.17, 15) is 4.21 Å². The van der Waals surface area contributed by atoms with Crippen LogP contribution in [0.5, 0.6) is 0 Å². The number of ether oxygens (including phenoxy) is 1. The topological polar surface area (TPSA) is 26.3 Å². The molecule has 2 rings (SSSR count). The normalized spacial score (nSPS) is 34.4. The molecule has 1 saturated carbocycles. The van der Waals surface area contributed by atoms with E-state index < -0.39 is 10.8 Å². The van der Waals surface area contributed by atoms with Crippen molar-refractivity contribution in [2.75, 3.05) is 18.1 Å². The third-order valence-corrected chi connectivity index (χ3v) is 5.36. The van der Waals surface area contributed by atoms with Crippen LogP contribution in [0.1, 0.15) is 51.9 Å². The highest BCUT2D eigenvalue weighted by Crippen LogP contribution is 2.31. The quantitative estimate of drug-likeness (QED) is 0.723. The van der Waals surface area contributed by atoms with Gasteiger partial charge in [0.2, 0.25) is 0 Å². The standard InChI is InChI=1S/C14H24O2S/c1-14(7-9-17(15)10-8-14)12-16-11-13-5-3-2-4-6-13/h11H,2-10,12H2,1H3. The molecule has 1 aliphatic heterocycles. The average molecular weight is 256 g/mol. The molecular weight excluding hydrogens is 232 g/mol. The van der Waals surface area contributed by atoms with E-state index in [1.807, 2.05) is 6.26 Å². The summed E-state index contributed by atoms with van der Waals surface area (Å²) in [4.78, 5) is 0. The lowest BCUT2D eigenvalue weighted by Gasteiger charge is -2.32. The number of hydrogen-bond acceptors (Lipinski definition) is 2. The van der Waals surface area contributed by atoms with Crippen molar-refractivity contribution >= 4 is 10.8 Å². The summed E-state index contributed by atoms with van der Waals surface area (Å²) < 4.78 is 17.1. The SMILES string of the molecule is CC1(COC=C2CCCCC2)CCS(=O)CC1. The molecule has 2 nitrogen and oxygen atoms in total. The summed E-state index contributed by atoms with van der Waals surface area (Å²) in [6.45, 7) is 3.07. The lowest BCUT2D eigenvalue weighted by atomic mass is 9.85. The van der Waals surface area contributed by atoms with Crippen molar-refractivity contribution in [2.24, 2.45) is 5.41 Å². The molecule has 0 amide bonds. The van der Waals surface area contributed by atoms with Gasteiger partial charge in [-0.25, -0.2) is 0 Å². The second-order valence-corrected chi connectivity index (χ2v) is 7.50. The maximum Gasteiger partial charge on any atom is 0.0927 e. The van der Waals surface area contributed by atoms with Crippen LogP contribution in [0, 0.1) is 5.41 Å². The molecule has 17 heavy (non-hydrogen) atoms. The molecule has 0 spiro atoms. The minimum atomic E-state index is -0.568. The van der Waals surface area contributed by atoms with Crippen LogP contribution >= 0.6 is 0 Å². The minimum absolute atomic E-state index is 0.250. The lowest BCUT2D eigenvalue weighted by molar-refractivity contribution is 0.111. The van der Waals surface area contributed by atoms with Crippen molar-refractivity contribution in [3.63, 3.8) is 0 Å². The fourth-order valence-corrected chi connectivity index (χ4v) is 4.22. The molecule has 0 unspecified atom stereocenters. The van der Waals surface area contributed by atoms with Gasteiger partial charge in [-0.15, -0.1) is 0 Å². The van der Waals surface area contributed by atoms with E-state index in [-0.39, 0.29) is 5.41 Å². The van der Waals surface area contributed by atoms with E-state index in [2.05, 4.69) is 6.92 Å². The highest BCUT2D eigenvalue weighted by Gasteiger charge is 2.30. The Balaban J connectivity index is 1.75. The van der Waals surface area contributed by atoms with E-state index in [0.717, 1.165) is 31.0 Å². The molecule has 0 N–H and O–H groups in total. The molecule has 0 aromatic carbocycles. The highest BCUT2D eigenvalue weighted by atomic mass is 32.2. The van der Waals surface area contributed by atoms with E-state index in [0.29, 0.717) is 0 Å². The zero-order chi connectivity index (χ0) is 12.1. The minimum Gasteiger partial charge on any atom is -0.501 e. The maximum atomic E-state index is 11.3. The van der Waals surface area contributed by atoms with Gasteiger partial charge in [-0.05, 0) is 44.1 Å². The van der Waals surface area contributed by atoms with Gasteiger partial charge in [0.1, 0.15) is 0 Å². The molecule has 1 aliphatic carbocycles. The van der Waals surface area contributed by atoms with Gasteiger partial charge in [-0.1, -0.05) is 13.3 Å². The number of rotatable bonds is 3. The largest absolute Gasteiger partial charge is 0.501 e. The van der Waals surface area contributed by atoms with Crippen molar-refractivity contribution in [2.45, 2.75) is 51.9 Å². The van der Waals surface area contributed by atoms with Crippen molar-refractivity contribution < 1.29 is 8.95 Å². The summed E-state index contributed by atoms with van der Waals surface area (Å²) in [7, 11) is -0.568. The van der Waals surface area contributed by atoms with Crippen LogP contribution in [0.15, 0.2) is 11.8 Å². The lowest BCUT2D eigenvalue weighted by Crippen LogP contribution is -2.31.